The Labute approximate surface area is 125 Å². The minimum Gasteiger partial charge on any atom is -0.271 e. The van der Waals surface area contributed by atoms with E-state index >= 15 is 0 Å². The first-order chi connectivity index (χ1) is 8.52. The third-order valence-electron chi connectivity index (χ3n) is 2.69. The molecule has 1 aromatic carbocycles. The Hall–Kier alpha value is -0.290. The Morgan fingerprint density at radius 1 is 1.22 bits per heavy atom. The number of nitrogens with two attached hydrogens (primary N) is 1. The number of benzene rings is 1. The second kappa shape index (κ2) is 5.78. The second-order valence-electron chi connectivity index (χ2n) is 3.89. The summed E-state index contributed by atoms with van der Waals surface area (Å²) in [6.07, 6.45) is 0. The minimum atomic E-state index is -0.223. The van der Waals surface area contributed by atoms with E-state index in [1.54, 1.807) is 0 Å². The van der Waals surface area contributed by atoms with Gasteiger partial charge in [0, 0.05) is 10.6 Å². The zero-order chi connectivity index (χ0) is 13.3. The summed E-state index contributed by atoms with van der Waals surface area (Å²) in [4.78, 5) is 0. The summed E-state index contributed by atoms with van der Waals surface area (Å²) in [6, 6.07) is 7.38. The number of hydrogen-bond acceptors (Lipinski definition) is 3. The molecule has 1 atom stereocenters. The monoisotopic (exact) mass is 320 g/mol. The van der Waals surface area contributed by atoms with E-state index in [4.69, 9.17) is 40.6 Å². The molecule has 0 saturated heterocycles. The van der Waals surface area contributed by atoms with E-state index in [0.717, 1.165) is 16.7 Å². The van der Waals surface area contributed by atoms with Crippen molar-refractivity contribution < 1.29 is 0 Å². The van der Waals surface area contributed by atoms with Crippen molar-refractivity contribution in [2.75, 3.05) is 0 Å². The van der Waals surface area contributed by atoms with Gasteiger partial charge in [0.1, 0.15) is 0 Å². The lowest BCUT2D eigenvalue weighted by Crippen LogP contribution is -2.28. The molecule has 0 aliphatic heterocycles. The smallest absolute Gasteiger partial charge is 0.0995 e. The first-order valence-electron chi connectivity index (χ1n) is 5.20. The van der Waals surface area contributed by atoms with Crippen LogP contribution in [0, 0.1) is 6.92 Å². The van der Waals surface area contributed by atoms with Crippen molar-refractivity contribution in [1.29, 1.82) is 0 Å². The maximum atomic E-state index is 6.15. The predicted octanol–water partition coefficient (Wildman–Crippen LogP) is 4.57. The van der Waals surface area contributed by atoms with Crippen LogP contribution in [0.3, 0.4) is 0 Å². The predicted molar refractivity (Wildman–Crippen MR) is 79.7 cm³/mol. The van der Waals surface area contributed by atoms with Gasteiger partial charge in [0.05, 0.1) is 14.7 Å². The molecule has 1 aromatic heterocycles. The third kappa shape index (κ3) is 2.82. The molecular formula is C12H11Cl3N2S. The molecule has 96 valence electrons. The maximum absolute atomic E-state index is 6.15. The summed E-state index contributed by atoms with van der Waals surface area (Å²) in [6.45, 7) is 1.95. The van der Waals surface area contributed by atoms with Crippen molar-refractivity contribution >= 4 is 46.1 Å². The van der Waals surface area contributed by atoms with Crippen LogP contribution in [0.15, 0.2) is 24.3 Å². The average molecular weight is 322 g/mol. The van der Waals surface area contributed by atoms with E-state index in [-0.39, 0.29) is 6.04 Å². The average Bonchev–Trinajstić information content (AvgIpc) is 2.64. The Bertz CT molecular complexity index is 568. The highest BCUT2D eigenvalue weighted by Gasteiger charge is 2.18. The second-order valence-corrected chi connectivity index (χ2v) is 6.58. The van der Waals surface area contributed by atoms with Gasteiger partial charge >= 0.3 is 0 Å². The normalized spacial score (nSPS) is 12.7. The van der Waals surface area contributed by atoms with Gasteiger partial charge in [0.2, 0.25) is 0 Å². The fourth-order valence-corrected chi connectivity index (χ4v) is 3.43. The lowest BCUT2D eigenvalue weighted by molar-refractivity contribution is 0.639. The third-order valence-corrected chi connectivity index (χ3v) is 4.62. The molecule has 2 aromatic rings. The molecule has 0 aliphatic rings. The van der Waals surface area contributed by atoms with E-state index in [0.29, 0.717) is 13.7 Å². The van der Waals surface area contributed by atoms with Crippen LogP contribution in [0.2, 0.25) is 13.7 Å². The molecule has 1 heterocycles. The summed E-state index contributed by atoms with van der Waals surface area (Å²) < 4.78 is 1.26. The molecule has 18 heavy (non-hydrogen) atoms. The topological polar surface area (TPSA) is 38.0 Å². The first kappa shape index (κ1) is 14.1. The van der Waals surface area contributed by atoms with E-state index in [2.05, 4.69) is 5.43 Å². The van der Waals surface area contributed by atoms with E-state index in [9.17, 15) is 0 Å². The van der Waals surface area contributed by atoms with Crippen LogP contribution >= 0.6 is 46.1 Å². The van der Waals surface area contributed by atoms with Crippen molar-refractivity contribution in [2.45, 2.75) is 13.0 Å². The summed E-state index contributed by atoms with van der Waals surface area (Å²) in [5.41, 5.74) is 5.56. The van der Waals surface area contributed by atoms with Gasteiger partial charge in [-0.15, -0.1) is 11.3 Å². The summed E-state index contributed by atoms with van der Waals surface area (Å²) >= 11 is 19.5. The molecule has 3 N–H and O–H groups in total. The summed E-state index contributed by atoms with van der Waals surface area (Å²) in [7, 11) is 0. The molecule has 0 saturated carbocycles. The molecule has 0 spiro atoms. The lowest BCUT2D eigenvalue weighted by Gasteiger charge is -2.16. The molecule has 0 radical (unpaired) electrons. The zero-order valence-corrected chi connectivity index (χ0v) is 12.6. The zero-order valence-electron chi connectivity index (χ0n) is 9.51. The van der Waals surface area contributed by atoms with Crippen molar-refractivity contribution in [3.05, 3.63) is 54.7 Å². The van der Waals surface area contributed by atoms with Gasteiger partial charge in [-0.05, 0) is 30.2 Å². The molecule has 6 heteroatoms. The lowest BCUT2D eigenvalue weighted by atomic mass is 10.0. The van der Waals surface area contributed by atoms with Gasteiger partial charge < -0.3 is 0 Å². The van der Waals surface area contributed by atoms with Gasteiger partial charge in [0.25, 0.3) is 0 Å². The number of aryl methyl sites for hydroxylation is 1. The highest BCUT2D eigenvalue weighted by atomic mass is 35.5. The van der Waals surface area contributed by atoms with Crippen molar-refractivity contribution in [3.63, 3.8) is 0 Å². The van der Waals surface area contributed by atoms with E-state index in [1.807, 2.05) is 31.2 Å². The van der Waals surface area contributed by atoms with Crippen LogP contribution in [0.25, 0.3) is 0 Å². The summed E-state index contributed by atoms with van der Waals surface area (Å²) in [5.74, 6) is 5.61. The van der Waals surface area contributed by atoms with Gasteiger partial charge in [-0.25, -0.2) is 5.43 Å². The number of rotatable bonds is 3. The fourth-order valence-electron chi connectivity index (χ4n) is 1.70. The van der Waals surface area contributed by atoms with Crippen LogP contribution in [0.1, 0.15) is 22.7 Å². The van der Waals surface area contributed by atoms with E-state index in [1.165, 1.54) is 11.3 Å². The van der Waals surface area contributed by atoms with Crippen LogP contribution in [-0.2, 0) is 0 Å². The fraction of sp³-hybridized carbons (Fsp3) is 0.167. The van der Waals surface area contributed by atoms with Crippen LogP contribution < -0.4 is 11.3 Å². The van der Waals surface area contributed by atoms with Crippen LogP contribution in [0.5, 0.6) is 0 Å². The highest BCUT2D eigenvalue weighted by molar-refractivity contribution is 7.20. The molecule has 0 amide bonds. The first-order valence-corrected chi connectivity index (χ1v) is 7.15. The van der Waals surface area contributed by atoms with Crippen LogP contribution in [-0.4, -0.2) is 0 Å². The molecule has 0 bridgehead atoms. The number of halogens is 3. The minimum absolute atomic E-state index is 0.223. The Morgan fingerprint density at radius 3 is 2.44 bits per heavy atom. The quantitative estimate of drug-likeness (QED) is 0.642. The number of hydrogen-bond donors (Lipinski definition) is 2. The molecule has 0 aliphatic carbocycles. The molecule has 0 fully saturated rings. The van der Waals surface area contributed by atoms with Gasteiger partial charge in [-0.1, -0.05) is 46.9 Å². The van der Waals surface area contributed by atoms with Gasteiger partial charge in [-0.3, -0.25) is 5.84 Å². The molecular weight excluding hydrogens is 311 g/mol. The number of nitrogens with one attached hydrogen (secondary N) is 1. The van der Waals surface area contributed by atoms with Crippen molar-refractivity contribution in [2.24, 2.45) is 5.84 Å². The largest absolute Gasteiger partial charge is 0.271 e. The standard InChI is InChI=1S/C12H11Cl3N2S/c1-6-2-3-7(4-9(6)13)11(17-16)8-5-10(14)18-12(8)15/h2-5,11,17H,16H2,1H3. The Morgan fingerprint density at radius 2 is 1.94 bits per heavy atom. The molecule has 2 rings (SSSR count). The maximum Gasteiger partial charge on any atom is 0.0995 e. The molecule has 1 unspecified atom stereocenters. The Balaban J connectivity index is 2.45. The van der Waals surface area contributed by atoms with Crippen molar-refractivity contribution in [1.82, 2.24) is 5.43 Å². The number of hydrazine groups is 1. The van der Waals surface area contributed by atoms with Gasteiger partial charge in [-0.2, -0.15) is 0 Å². The van der Waals surface area contributed by atoms with Crippen LogP contribution in [0.4, 0.5) is 0 Å². The van der Waals surface area contributed by atoms with Crippen molar-refractivity contribution in [3.8, 4) is 0 Å². The Kier molecular flexibility index (Phi) is 4.54. The SMILES string of the molecule is Cc1ccc(C(NN)c2cc(Cl)sc2Cl)cc1Cl. The summed E-state index contributed by atoms with van der Waals surface area (Å²) in [5, 5.41) is 0.699. The number of thiophene rings is 1. The molecule has 2 nitrogen and oxygen atoms in total. The van der Waals surface area contributed by atoms with Gasteiger partial charge in [0.15, 0.2) is 0 Å². The van der Waals surface area contributed by atoms with E-state index < -0.39 is 0 Å². The highest BCUT2D eigenvalue weighted by Crippen LogP contribution is 2.37.